The summed E-state index contributed by atoms with van der Waals surface area (Å²) in [7, 11) is 0. The van der Waals surface area contributed by atoms with Crippen LogP contribution in [0.25, 0.3) is 0 Å². The number of nitrogens with two attached hydrogens (primary N) is 2. The predicted molar refractivity (Wildman–Crippen MR) is 66.2 cm³/mol. The molecule has 0 spiro atoms. The van der Waals surface area contributed by atoms with Crippen LogP contribution in [0.4, 0.5) is 0 Å². The average molecular weight is 306 g/mol. The zero-order valence-electron chi connectivity index (χ0n) is 11.2. The molecule has 0 aromatic heterocycles. The zero-order valence-corrected chi connectivity index (χ0v) is 11.2. The molecule has 0 aromatic carbocycles. The van der Waals surface area contributed by atoms with Crippen molar-refractivity contribution in [3.05, 3.63) is 0 Å². The van der Waals surface area contributed by atoms with Gasteiger partial charge in [0.2, 0.25) is 0 Å². The monoisotopic (exact) mass is 306 g/mol. The fourth-order valence-electron chi connectivity index (χ4n) is 1.08. The topological polar surface area (TPSA) is 179 Å². The molecule has 0 saturated carbocycles. The lowest BCUT2D eigenvalue weighted by Gasteiger charge is -2.09. The molecule has 10 heteroatoms. The van der Waals surface area contributed by atoms with Gasteiger partial charge in [0, 0.05) is 13.2 Å². The third-order valence-corrected chi connectivity index (χ3v) is 2.20. The quantitative estimate of drug-likeness (QED) is 0.265. The third-order valence-electron chi connectivity index (χ3n) is 2.20. The highest BCUT2D eigenvalue weighted by Gasteiger charge is 2.23. The SMILES string of the molecule is N[C@@H](CCO)C(=O)OC(=O)CC(=O)OC(=O)[C@@H](N)CCO. The number of aliphatic hydroxyl groups excluding tert-OH is 2. The zero-order chi connectivity index (χ0) is 16.4. The van der Waals surface area contributed by atoms with Crippen molar-refractivity contribution in [3.8, 4) is 0 Å². The first-order valence-corrected chi connectivity index (χ1v) is 6.03. The van der Waals surface area contributed by atoms with Gasteiger partial charge < -0.3 is 31.2 Å². The molecular formula is C11H18N2O8. The largest absolute Gasteiger partial charge is 0.396 e. The van der Waals surface area contributed by atoms with Gasteiger partial charge in [0.15, 0.2) is 0 Å². The van der Waals surface area contributed by atoms with Crippen LogP contribution in [0.2, 0.25) is 0 Å². The molecule has 0 amide bonds. The maximum Gasteiger partial charge on any atom is 0.330 e. The van der Waals surface area contributed by atoms with Crippen molar-refractivity contribution >= 4 is 23.9 Å². The Kier molecular flexibility index (Phi) is 9.05. The molecule has 0 unspecified atom stereocenters. The molecule has 0 rings (SSSR count). The normalized spacial score (nSPS) is 13.1. The highest BCUT2D eigenvalue weighted by atomic mass is 16.6. The van der Waals surface area contributed by atoms with E-state index in [2.05, 4.69) is 9.47 Å². The van der Waals surface area contributed by atoms with Gasteiger partial charge in [-0.3, -0.25) is 9.59 Å². The molecular weight excluding hydrogens is 288 g/mol. The van der Waals surface area contributed by atoms with Crippen LogP contribution in [0, 0.1) is 0 Å². The molecule has 2 atom stereocenters. The van der Waals surface area contributed by atoms with E-state index in [1.807, 2.05) is 0 Å². The number of carbonyl (C=O) groups excluding carboxylic acids is 4. The van der Waals surface area contributed by atoms with Gasteiger partial charge in [-0.1, -0.05) is 0 Å². The number of esters is 4. The van der Waals surface area contributed by atoms with E-state index >= 15 is 0 Å². The van der Waals surface area contributed by atoms with Gasteiger partial charge in [-0.05, 0) is 12.8 Å². The Morgan fingerprint density at radius 1 is 0.810 bits per heavy atom. The summed E-state index contributed by atoms with van der Waals surface area (Å²) in [5.74, 6) is -4.71. The number of aliphatic hydroxyl groups is 2. The van der Waals surface area contributed by atoms with Gasteiger partial charge in [0.05, 0.1) is 0 Å². The number of ether oxygens (including phenoxy) is 2. The maximum atomic E-state index is 11.2. The van der Waals surface area contributed by atoms with Gasteiger partial charge in [0.25, 0.3) is 0 Å². The summed E-state index contributed by atoms with van der Waals surface area (Å²) in [4.78, 5) is 44.8. The number of carbonyl (C=O) groups is 4. The second-order valence-electron chi connectivity index (χ2n) is 4.00. The molecule has 6 N–H and O–H groups in total. The van der Waals surface area contributed by atoms with Gasteiger partial charge in [-0.2, -0.15) is 0 Å². The van der Waals surface area contributed by atoms with Crippen LogP contribution in [0.1, 0.15) is 19.3 Å². The van der Waals surface area contributed by atoms with Crippen LogP contribution in [-0.2, 0) is 28.7 Å². The third kappa shape index (κ3) is 8.09. The van der Waals surface area contributed by atoms with E-state index in [-0.39, 0.29) is 26.1 Å². The van der Waals surface area contributed by atoms with E-state index in [9.17, 15) is 19.2 Å². The highest BCUT2D eigenvalue weighted by molar-refractivity contribution is 6.00. The van der Waals surface area contributed by atoms with Crippen molar-refractivity contribution in [1.82, 2.24) is 0 Å². The summed E-state index contributed by atoms with van der Waals surface area (Å²) >= 11 is 0. The predicted octanol–water partition coefficient (Wildman–Crippen LogP) is -3.06. The minimum Gasteiger partial charge on any atom is -0.396 e. The minimum absolute atomic E-state index is 0.106. The minimum atomic E-state index is -1.25. The lowest BCUT2D eigenvalue weighted by Crippen LogP contribution is -2.36. The molecule has 120 valence electrons. The van der Waals surface area contributed by atoms with E-state index < -0.39 is 42.4 Å². The van der Waals surface area contributed by atoms with Gasteiger partial charge in [-0.25, -0.2) is 9.59 Å². The molecule has 0 fully saturated rings. The standard InChI is InChI=1S/C11H18N2O8/c12-6(1-3-14)10(18)20-8(16)5-9(17)21-11(19)7(13)2-4-15/h6-7,14-15H,1-5,12-13H2/t6-,7-/m0/s1. The van der Waals surface area contributed by atoms with Gasteiger partial charge in [0.1, 0.15) is 18.5 Å². The van der Waals surface area contributed by atoms with Crippen LogP contribution in [-0.4, -0.2) is 59.4 Å². The van der Waals surface area contributed by atoms with Crippen molar-refractivity contribution in [2.75, 3.05) is 13.2 Å². The molecule has 10 nitrogen and oxygen atoms in total. The highest BCUT2D eigenvalue weighted by Crippen LogP contribution is 1.98. The molecule has 0 aromatic rings. The fraction of sp³-hybridized carbons (Fsp3) is 0.636. The molecule has 0 aliphatic rings. The molecule has 0 saturated heterocycles. The van der Waals surface area contributed by atoms with Gasteiger partial charge >= 0.3 is 23.9 Å². The number of hydrogen-bond donors (Lipinski definition) is 4. The average Bonchev–Trinajstić information content (AvgIpc) is 2.38. The van der Waals surface area contributed by atoms with E-state index in [4.69, 9.17) is 21.7 Å². The maximum absolute atomic E-state index is 11.2. The Morgan fingerprint density at radius 2 is 1.14 bits per heavy atom. The Balaban J connectivity index is 4.18. The molecule has 0 radical (unpaired) electrons. The molecule has 0 heterocycles. The summed E-state index contributed by atoms with van der Waals surface area (Å²) < 4.78 is 8.46. The summed E-state index contributed by atoms with van der Waals surface area (Å²) in [5.41, 5.74) is 10.5. The van der Waals surface area contributed by atoms with E-state index in [0.717, 1.165) is 0 Å². The molecule has 0 aliphatic carbocycles. The van der Waals surface area contributed by atoms with Crippen molar-refractivity contribution in [2.24, 2.45) is 11.5 Å². The summed E-state index contributed by atoms with van der Waals surface area (Å²) in [6.45, 7) is -0.743. The summed E-state index contributed by atoms with van der Waals surface area (Å²) in [6, 6.07) is -2.40. The van der Waals surface area contributed by atoms with Crippen molar-refractivity contribution in [3.63, 3.8) is 0 Å². The Hall–Kier alpha value is -1.88. The van der Waals surface area contributed by atoms with Crippen LogP contribution in [0.15, 0.2) is 0 Å². The molecule has 0 aliphatic heterocycles. The van der Waals surface area contributed by atoms with Gasteiger partial charge in [-0.15, -0.1) is 0 Å². The fourth-order valence-corrected chi connectivity index (χ4v) is 1.08. The first kappa shape index (κ1) is 19.1. The molecule has 21 heavy (non-hydrogen) atoms. The second-order valence-corrected chi connectivity index (χ2v) is 4.00. The number of hydrogen-bond acceptors (Lipinski definition) is 10. The van der Waals surface area contributed by atoms with E-state index in [1.165, 1.54) is 0 Å². The van der Waals surface area contributed by atoms with Crippen LogP contribution < -0.4 is 11.5 Å². The van der Waals surface area contributed by atoms with Crippen LogP contribution in [0.5, 0.6) is 0 Å². The lowest BCUT2D eigenvalue weighted by molar-refractivity contribution is -0.166. The first-order valence-electron chi connectivity index (χ1n) is 6.03. The number of rotatable bonds is 8. The Morgan fingerprint density at radius 3 is 1.43 bits per heavy atom. The van der Waals surface area contributed by atoms with E-state index in [0.29, 0.717) is 0 Å². The second kappa shape index (κ2) is 9.94. The summed E-state index contributed by atoms with van der Waals surface area (Å²) in [5, 5.41) is 17.1. The lowest BCUT2D eigenvalue weighted by atomic mass is 10.2. The Labute approximate surface area is 120 Å². The van der Waals surface area contributed by atoms with Crippen molar-refractivity contribution in [2.45, 2.75) is 31.3 Å². The van der Waals surface area contributed by atoms with Crippen LogP contribution >= 0.6 is 0 Å². The first-order chi connectivity index (χ1) is 9.81. The van der Waals surface area contributed by atoms with E-state index in [1.54, 1.807) is 0 Å². The summed E-state index contributed by atoms with van der Waals surface area (Å²) in [6.07, 6.45) is -1.19. The Bertz CT molecular complexity index is 362. The molecule has 0 bridgehead atoms. The van der Waals surface area contributed by atoms with Crippen LogP contribution in [0.3, 0.4) is 0 Å². The smallest absolute Gasteiger partial charge is 0.330 e. The van der Waals surface area contributed by atoms with Crippen molar-refractivity contribution < 1.29 is 38.9 Å². The van der Waals surface area contributed by atoms with Crippen molar-refractivity contribution in [1.29, 1.82) is 0 Å².